The molecule has 1 fully saturated rings. The number of carbonyl (C=O) groups excluding carboxylic acids is 2. The first-order valence-electron chi connectivity index (χ1n) is 6.36. The molecular weight excluding hydrogens is 278 g/mol. The second kappa shape index (κ2) is 6.96. The molecule has 106 valence electrons. The monoisotopic (exact) mass is 293 g/mol. The van der Waals surface area contributed by atoms with Crippen LogP contribution in [0, 0.1) is 0 Å². The van der Waals surface area contributed by atoms with Crippen molar-refractivity contribution in [2.45, 2.75) is 0 Å². The van der Waals surface area contributed by atoms with Gasteiger partial charge >= 0.3 is 6.03 Å². The summed E-state index contributed by atoms with van der Waals surface area (Å²) >= 11 is 6.01. The van der Waals surface area contributed by atoms with Crippen LogP contribution >= 0.6 is 11.6 Å². The lowest BCUT2D eigenvalue weighted by Gasteiger charge is -2.32. The summed E-state index contributed by atoms with van der Waals surface area (Å²) in [6.07, 6.45) is 4.14. The average molecular weight is 294 g/mol. The highest BCUT2D eigenvalue weighted by Crippen LogP contribution is 2.15. The minimum absolute atomic E-state index is 0.168. The SMILES string of the molecule is O=CN1CCN(C(=O)N/C=C/c2ccccc2Cl)CC1. The van der Waals surface area contributed by atoms with Gasteiger partial charge in [0, 0.05) is 37.4 Å². The van der Waals surface area contributed by atoms with Crippen molar-refractivity contribution in [2.75, 3.05) is 26.2 Å². The Morgan fingerprint density at radius 3 is 2.55 bits per heavy atom. The molecule has 2 rings (SSSR count). The third-order valence-electron chi connectivity index (χ3n) is 3.13. The molecule has 1 aliphatic heterocycles. The Labute approximate surface area is 122 Å². The second-order valence-corrected chi connectivity index (χ2v) is 4.84. The number of carbonyl (C=O) groups is 2. The highest BCUT2D eigenvalue weighted by molar-refractivity contribution is 6.32. The summed E-state index contributed by atoms with van der Waals surface area (Å²) in [5, 5.41) is 3.34. The van der Waals surface area contributed by atoms with Gasteiger partial charge in [0.2, 0.25) is 6.41 Å². The molecule has 0 aliphatic carbocycles. The first-order chi connectivity index (χ1) is 9.70. The zero-order chi connectivity index (χ0) is 14.4. The summed E-state index contributed by atoms with van der Waals surface area (Å²) in [6.45, 7) is 2.24. The summed E-state index contributed by atoms with van der Waals surface area (Å²) in [5.41, 5.74) is 0.847. The fraction of sp³-hybridized carbons (Fsp3) is 0.286. The number of benzene rings is 1. The Kier molecular flexibility index (Phi) is 5.01. The molecule has 20 heavy (non-hydrogen) atoms. The number of rotatable bonds is 3. The van der Waals surface area contributed by atoms with Crippen LogP contribution in [-0.4, -0.2) is 48.4 Å². The predicted molar refractivity (Wildman–Crippen MR) is 78.2 cm³/mol. The second-order valence-electron chi connectivity index (χ2n) is 4.43. The third kappa shape index (κ3) is 3.74. The van der Waals surface area contributed by atoms with Crippen molar-refractivity contribution in [3.8, 4) is 0 Å². The molecule has 0 unspecified atom stereocenters. The number of urea groups is 1. The number of amides is 3. The summed E-state index contributed by atoms with van der Waals surface area (Å²) in [6, 6.07) is 7.23. The van der Waals surface area contributed by atoms with Crippen LogP contribution in [-0.2, 0) is 4.79 Å². The van der Waals surface area contributed by atoms with Gasteiger partial charge in [-0.25, -0.2) is 4.79 Å². The van der Waals surface area contributed by atoms with Gasteiger partial charge in [0.15, 0.2) is 0 Å². The van der Waals surface area contributed by atoms with E-state index in [2.05, 4.69) is 5.32 Å². The van der Waals surface area contributed by atoms with Gasteiger partial charge in [-0.1, -0.05) is 29.8 Å². The Bertz CT molecular complexity index is 511. The first-order valence-corrected chi connectivity index (χ1v) is 6.74. The van der Waals surface area contributed by atoms with Crippen molar-refractivity contribution in [3.63, 3.8) is 0 Å². The van der Waals surface area contributed by atoms with E-state index in [0.29, 0.717) is 31.2 Å². The molecule has 0 atom stereocenters. The topological polar surface area (TPSA) is 52.7 Å². The highest BCUT2D eigenvalue weighted by atomic mass is 35.5. The maximum absolute atomic E-state index is 11.9. The van der Waals surface area contributed by atoms with Crippen LogP contribution in [0.2, 0.25) is 5.02 Å². The molecule has 1 aromatic rings. The largest absolute Gasteiger partial charge is 0.342 e. The molecule has 1 aromatic carbocycles. The van der Waals surface area contributed by atoms with Gasteiger partial charge in [0.25, 0.3) is 0 Å². The maximum Gasteiger partial charge on any atom is 0.321 e. The summed E-state index contributed by atoms with van der Waals surface area (Å²) in [5.74, 6) is 0. The number of nitrogens with one attached hydrogen (secondary N) is 1. The first kappa shape index (κ1) is 14.4. The molecule has 6 heteroatoms. The number of nitrogens with zero attached hydrogens (tertiary/aromatic N) is 2. The van der Waals surface area contributed by atoms with E-state index in [1.165, 1.54) is 0 Å². The number of halogens is 1. The predicted octanol–water partition coefficient (Wildman–Crippen LogP) is 1.79. The fourth-order valence-electron chi connectivity index (χ4n) is 1.93. The smallest absolute Gasteiger partial charge is 0.321 e. The molecule has 1 N–H and O–H groups in total. The van der Waals surface area contributed by atoms with Crippen LogP contribution in [0.1, 0.15) is 5.56 Å². The molecule has 0 bridgehead atoms. The van der Waals surface area contributed by atoms with Crippen molar-refractivity contribution >= 4 is 30.1 Å². The van der Waals surface area contributed by atoms with E-state index >= 15 is 0 Å². The van der Waals surface area contributed by atoms with Crippen molar-refractivity contribution in [2.24, 2.45) is 0 Å². The maximum atomic E-state index is 11.9. The van der Waals surface area contributed by atoms with Crippen molar-refractivity contribution in [1.82, 2.24) is 15.1 Å². The van der Waals surface area contributed by atoms with Gasteiger partial charge in [0.1, 0.15) is 0 Å². The fourth-order valence-corrected chi connectivity index (χ4v) is 2.13. The van der Waals surface area contributed by atoms with Gasteiger partial charge < -0.3 is 15.1 Å². The zero-order valence-electron chi connectivity index (χ0n) is 11.0. The van der Waals surface area contributed by atoms with Crippen LogP contribution in [0.25, 0.3) is 6.08 Å². The third-order valence-corrected chi connectivity index (χ3v) is 3.47. The molecular formula is C14H16ClN3O2. The molecule has 5 nitrogen and oxygen atoms in total. The quantitative estimate of drug-likeness (QED) is 0.864. The van der Waals surface area contributed by atoms with Crippen molar-refractivity contribution < 1.29 is 9.59 Å². The average Bonchev–Trinajstić information content (AvgIpc) is 2.49. The van der Waals surface area contributed by atoms with E-state index in [-0.39, 0.29) is 6.03 Å². The molecule has 0 spiro atoms. The van der Waals surface area contributed by atoms with Gasteiger partial charge in [-0.3, -0.25) is 4.79 Å². The molecule has 1 saturated heterocycles. The van der Waals surface area contributed by atoms with Crippen LogP contribution in [0.3, 0.4) is 0 Å². The molecule has 1 heterocycles. The normalized spacial score (nSPS) is 15.4. The zero-order valence-corrected chi connectivity index (χ0v) is 11.7. The summed E-state index contributed by atoms with van der Waals surface area (Å²) in [7, 11) is 0. The Morgan fingerprint density at radius 2 is 1.90 bits per heavy atom. The van der Waals surface area contributed by atoms with Gasteiger partial charge in [-0.05, 0) is 17.7 Å². The lowest BCUT2D eigenvalue weighted by Crippen LogP contribution is -2.50. The number of hydrogen-bond acceptors (Lipinski definition) is 2. The molecule has 3 amide bonds. The minimum Gasteiger partial charge on any atom is -0.342 e. The van der Waals surface area contributed by atoms with E-state index in [0.717, 1.165) is 12.0 Å². The van der Waals surface area contributed by atoms with Crippen molar-refractivity contribution in [3.05, 3.63) is 41.1 Å². The Hall–Kier alpha value is -2.01. The van der Waals surface area contributed by atoms with Gasteiger partial charge in [-0.15, -0.1) is 0 Å². The van der Waals surface area contributed by atoms with E-state index in [1.807, 2.05) is 18.2 Å². The van der Waals surface area contributed by atoms with E-state index in [4.69, 9.17) is 11.6 Å². The lowest BCUT2D eigenvalue weighted by molar-refractivity contribution is -0.119. The van der Waals surface area contributed by atoms with E-state index < -0.39 is 0 Å². The summed E-state index contributed by atoms with van der Waals surface area (Å²) < 4.78 is 0. The van der Waals surface area contributed by atoms with Crippen LogP contribution in [0.15, 0.2) is 30.5 Å². The van der Waals surface area contributed by atoms with Crippen LogP contribution in [0.5, 0.6) is 0 Å². The molecule has 1 aliphatic rings. The van der Waals surface area contributed by atoms with Crippen molar-refractivity contribution in [1.29, 1.82) is 0 Å². The molecule has 0 aromatic heterocycles. The highest BCUT2D eigenvalue weighted by Gasteiger charge is 2.18. The Balaban J connectivity index is 1.84. The lowest BCUT2D eigenvalue weighted by atomic mass is 10.2. The number of piperazine rings is 1. The Morgan fingerprint density at radius 1 is 1.20 bits per heavy atom. The van der Waals surface area contributed by atoms with Crippen LogP contribution in [0.4, 0.5) is 4.79 Å². The van der Waals surface area contributed by atoms with Gasteiger partial charge in [-0.2, -0.15) is 0 Å². The molecule has 0 radical (unpaired) electrons. The van der Waals surface area contributed by atoms with Crippen LogP contribution < -0.4 is 5.32 Å². The van der Waals surface area contributed by atoms with Gasteiger partial charge in [0.05, 0.1) is 0 Å². The van der Waals surface area contributed by atoms with E-state index in [9.17, 15) is 9.59 Å². The number of hydrogen-bond donors (Lipinski definition) is 1. The standard InChI is InChI=1S/C14H16ClN3O2/c15-13-4-2-1-3-12(13)5-6-16-14(20)18-9-7-17(11-19)8-10-18/h1-6,11H,7-10H2,(H,16,20)/b6-5+. The molecule has 0 saturated carbocycles. The van der Waals surface area contributed by atoms with E-state index in [1.54, 1.807) is 28.1 Å². The minimum atomic E-state index is -0.168. The summed E-state index contributed by atoms with van der Waals surface area (Å²) in [4.78, 5) is 25.8.